The molecule has 0 radical (unpaired) electrons. The molecule has 0 saturated heterocycles. The van der Waals surface area contributed by atoms with Gasteiger partial charge in [0, 0.05) is 11.2 Å². The molecule has 2 rings (SSSR count). The van der Waals surface area contributed by atoms with Gasteiger partial charge in [-0.15, -0.1) is 0 Å². The summed E-state index contributed by atoms with van der Waals surface area (Å²) in [6.45, 7) is 8.63. The van der Waals surface area contributed by atoms with E-state index in [1.165, 1.54) is 0 Å². The van der Waals surface area contributed by atoms with Crippen molar-refractivity contribution in [2.24, 2.45) is 10.2 Å². The SMILES string of the molecule is CCN(CC(=O)Nc1ccc(N=Nc2ccccc2)cc1)CC(=O)NC(C)(C)C. The van der Waals surface area contributed by atoms with E-state index in [1.807, 2.05) is 58.0 Å². The first kappa shape index (κ1) is 22.2. The average Bonchev–Trinajstić information content (AvgIpc) is 2.66. The number of hydrogen-bond donors (Lipinski definition) is 2. The number of nitrogens with zero attached hydrogens (tertiary/aromatic N) is 3. The van der Waals surface area contributed by atoms with Crippen molar-refractivity contribution in [3.8, 4) is 0 Å². The van der Waals surface area contributed by atoms with Gasteiger partial charge < -0.3 is 10.6 Å². The highest BCUT2D eigenvalue weighted by atomic mass is 16.2. The van der Waals surface area contributed by atoms with Crippen LogP contribution >= 0.6 is 0 Å². The van der Waals surface area contributed by atoms with Crippen LogP contribution < -0.4 is 10.6 Å². The van der Waals surface area contributed by atoms with E-state index in [2.05, 4.69) is 20.9 Å². The number of benzene rings is 2. The number of carbonyl (C=O) groups is 2. The lowest BCUT2D eigenvalue weighted by molar-refractivity contribution is -0.124. The molecule has 0 aliphatic rings. The van der Waals surface area contributed by atoms with Crippen LogP contribution in [0.25, 0.3) is 0 Å². The van der Waals surface area contributed by atoms with Gasteiger partial charge in [-0.05, 0) is 63.7 Å². The molecular formula is C22H29N5O2. The van der Waals surface area contributed by atoms with E-state index in [1.54, 1.807) is 29.2 Å². The number of anilines is 1. The van der Waals surface area contributed by atoms with Crippen molar-refractivity contribution in [1.82, 2.24) is 10.2 Å². The Kier molecular flexibility index (Phi) is 8.03. The number of hydrogen-bond acceptors (Lipinski definition) is 5. The van der Waals surface area contributed by atoms with Crippen molar-refractivity contribution in [2.45, 2.75) is 33.2 Å². The summed E-state index contributed by atoms with van der Waals surface area (Å²) in [5, 5.41) is 14.1. The van der Waals surface area contributed by atoms with Gasteiger partial charge in [0.15, 0.2) is 0 Å². The fraction of sp³-hybridized carbons (Fsp3) is 0.364. The highest BCUT2D eigenvalue weighted by molar-refractivity contribution is 5.92. The second-order valence-corrected chi connectivity index (χ2v) is 7.73. The smallest absolute Gasteiger partial charge is 0.238 e. The molecule has 154 valence electrons. The largest absolute Gasteiger partial charge is 0.350 e. The summed E-state index contributed by atoms with van der Waals surface area (Å²) in [7, 11) is 0. The van der Waals surface area contributed by atoms with Crippen LogP contribution in [0.15, 0.2) is 64.8 Å². The fourth-order valence-electron chi connectivity index (χ4n) is 2.57. The van der Waals surface area contributed by atoms with Crippen LogP contribution in [-0.4, -0.2) is 41.9 Å². The number of rotatable bonds is 8. The summed E-state index contributed by atoms with van der Waals surface area (Å²) in [4.78, 5) is 26.2. The Balaban J connectivity index is 1.86. The third-order valence-electron chi connectivity index (χ3n) is 3.88. The summed E-state index contributed by atoms with van der Waals surface area (Å²) in [5.74, 6) is -0.269. The lowest BCUT2D eigenvalue weighted by Crippen LogP contribution is -2.47. The Morgan fingerprint density at radius 1 is 0.862 bits per heavy atom. The number of carbonyl (C=O) groups excluding carboxylic acids is 2. The number of likely N-dealkylation sites (N-methyl/N-ethyl adjacent to an activating group) is 1. The maximum atomic E-state index is 12.3. The average molecular weight is 396 g/mol. The van der Waals surface area contributed by atoms with E-state index in [9.17, 15) is 9.59 Å². The van der Waals surface area contributed by atoms with Crippen LogP contribution in [0.3, 0.4) is 0 Å². The van der Waals surface area contributed by atoms with Gasteiger partial charge in [-0.1, -0.05) is 25.1 Å². The van der Waals surface area contributed by atoms with Crippen molar-refractivity contribution < 1.29 is 9.59 Å². The Morgan fingerprint density at radius 2 is 1.41 bits per heavy atom. The van der Waals surface area contributed by atoms with E-state index in [0.29, 0.717) is 17.9 Å². The second kappa shape index (κ2) is 10.5. The molecular weight excluding hydrogens is 366 g/mol. The molecule has 2 amide bonds. The summed E-state index contributed by atoms with van der Waals surface area (Å²) >= 11 is 0. The minimum Gasteiger partial charge on any atom is -0.350 e. The fourth-order valence-corrected chi connectivity index (χ4v) is 2.57. The van der Waals surface area contributed by atoms with Gasteiger partial charge in [-0.25, -0.2) is 0 Å². The second-order valence-electron chi connectivity index (χ2n) is 7.73. The first-order valence-electron chi connectivity index (χ1n) is 9.65. The Labute approximate surface area is 172 Å². The quantitative estimate of drug-likeness (QED) is 0.654. The zero-order valence-corrected chi connectivity index (χ0v) is 17.5. The number of azo groups is 1. The molecule has 0 unspecified atom stereocenters. The molecule has 2 aromatic rings. The molecule has 7 nitrogen and oxygen atoms in total. The van der Waals surface area contributed by atoms with Gasteiger partial charge in [0.1, 0.15) is 0 Å². The summed E-state index contributed by atoms with van der Waals surface area (Å²) in [5.41, 5.74) is 1.85. The Bertz CT molecular complexity index is 827. The molecule has 0 fully saturated rings. The maximum absolute atomic E-state index is 12.3. The lowest BCUT2D eigenvalue weighted by atomic mass is 10.1. The maximum Gasteiger partial charge on any atom is 0.238 e. The summed E-state index contributed by atoms with van der Waals surface area (Å²) in [6, 6.07) is 16.6. The number of nitrogens with one attached hydrogen (secondary N) is 2. The van der Waals surface area contributed by atoms with E-state index in [-0.39, 0.29) is 30.4 Å². The molecule has 0 aliphatic heterocycles. The highest BCUT2D eigenvalue weighted by Gasteiger charge is 2.17. The van der Waals surface area contributed by atoms with Crippen molar-refractivity contribution in [1.29, 1.82) is 0 Å². The molecule has 0 atom stereocenters. The van der Waals surface area contributed by atoms with Gasteiger partial charge in [0.25, 0.3) is 0 Å². The molecule has 29 heavy (non-hydrogen) atoms. The first-order chi connectivity index (χ1) is 13.7. The molecule has 0 aromatic heterocycles. The molecule has 7 heteroatoms. The lowest BCUT2D eigenvalue weighted by Gasteiger charge is -2.24. The van der Waals surface area contributed by atoms with Gasteiger partial charge in [-0.2, -0.15) is 10.2 Å². The zero-order chi connectivity index (χ0) is 21.3. The van der Waals surface area contributed by atoms with Crippen LogP contribution in [-0.2, 0) is 9.59 Å². The van der Waals surface area contributed by atoms with Crippen molar-refractivity contribution in [3.05, 3.63) is 54.6 Å². The van der Waals surface area contributed by atoms with Crippen molar-refractivity contribution in [2.75, 3.05) is 25.0 Å². The number of amides is 2. The normalized spacial score (nSPS) is 11.6. The van der Waals surface area contributed by atoms with Crippen LogP contribution in [0.4, 0.5) is 17.1 Å². The van der Waals surface area contributed by atoms with E-state index in [0.717, 1.165) is 5.69 Å². The van der Waals surface area contributed by atoms with Gasteiger partial charge in [0.05, 0.1) is 24.5 Å². The molecule has 2 aromatic carbocycles. The van der Waals surface area contributed by atoms with Gasteiger partial charge in [-0.3, -0.25) is 14.5 Å². The molecule has 0 aliphatic carbocycles. The van der Waals surface area contributed by atoms with Gasteiger partial charge in [0.2, 0.25) is 11.8 Å². The van der Waals surface area contributed by atoms with Crippen LogP contribution in [0.1, 0.15) is 27.7 Å². The summed E-state index contributed by atoms with van der Waals surface area (Å²) < 4.78 is 0. The molecule has 0 bridgehead atoms. The third-order valence-corrected chi connectivity index (χ3v) is 3.88. The minimum absolute atomic E-state index is 0.0970. The Hall–Kier alpha value is -3.06. The first-order valence-corrected chi connectivity index (χ1v) is 9.65. The predicted molar refractivity (Wildman–Crippen MR) is 116 cm³/mol. The highest BCUT2D eigenvalue weighted by Crippen LogP contribution is 2.20. The molecule has 0 spiro atoms. The van der Waals surface area contributed by atoms with E-state index >= 15 is 0 Å². The van der Waals surface area contributed by atoms with Crippen LogP contribution in [0, 0.1) is 0 Å². The van der Waals surface area contributed by atoms with Crippen molar-refractivity contribution in [3.63, 3.8) is 0 Å². The molecule has 0 heterocycles. The Morgan fingerprint density at radius 3 is 1.97 bits per heavy atom. The third kappa shape index (κ3) is 8.66. The summed E-state index contributed by atoms with van der Waals surface area (Å²) in [6.07, 6.45) is 0. The van der Waals surface area contributed by atoms with Crippen LogP contribution in [0.2, 0.25) is 0 Å². The van der Waals surface area contributed by atoms with E-state index < -0.39 is 0 Å². The van der Waals surface area contributed by atoms with Gasteiger partial charge >= 0.3 is 0 Å². The van der Waals surface area contributed by atoms with Crippen molar-refractivity contribution >= 4 is 28.9 Å². The minimum atomic E-state index is -0.293. The zero-order valence-electron chi connectivity index (χ0n) is 17.5. The predicted octanol–water partition coefficient (Wildman–Crippen LogP) is 4.28. The van der Waals surface area contributed by atoms with E-state index in [4.69, 9.17) is 0 Å². The molecule has 0 saturated carbocycles. The molecule has 2 N–H and O–H groups in total. The monoisotopic (exact) mass is 395 g/mol. The topological polar surface area (TPSA) is 86.2 Å². The standard InChI is InChI=1S/C22H29N5O2/c1-5-27(16-21(29)24-22(2,3)4)15-20(28)23-17-11-13-19(14-12-17)26-25-18-9-7-6-8-10-18/h6-14H,5,15-16H2,1-4H3,(H,23,28)(H,24,29). The van der Waals surface area contributed by atoms with Crippen LogP contribution in [0.5, 0.6) is 0 Å².